The molecule has 3 aromatic rings. The summed E-state index contributed by atoms with van der Waals surface area (Å²) < 4.78 is 33.7. The lowest BCUT2D eigenvalue weighted by atomic mass is 9.97. The number of amides is 1. The number of thiophene rings is 1. The van der Waals surface area contributed by atoms with Gasteiger partial charge in [0.1, 0.15) is 17.1 Å². The molecule has 1 aliphatic heterocycles. The van der Waals surface area contributed by atoms with Gasteiger partial charge < -0.3 is 4.74 Å². The first-order valence-electron chi connectivity index (χ1n) is 10.6. The standard InChI is InChI=1S/C24H24ClN3O4S2/c1-4-34(30,31)27-24(20-10-11-21(25)33-20)13-14-28(23(24)29)22-12-9-17(15-26-22)18-7-5-6-8-19(18)32-16(2)3/h4-12,15-16,27H,1,13-14H2,2-3H3/t24-/m1/s1. The Hall–Kier alpha value is -2.72. The Balaban J connectivity index is 1.66. The number of hydrogen-bond donors (Lipinski definition) is 1. The van der Waals surface area contributed by atoms with Gasteiger partial charge in [-0.2, -0.15) is 4.72 Å². The normalized spacial score (nSPS) is 18.5. The SMILES string of the molecule is C=CS(=O)(=O)N[C@@]1(c2ccc(Cl)s2)CCN(c2ccc(-c3ccccc3OC(C)C)cn2)C1=O. The molecule has 7 nitrogen and oxygen atoms in total. The molecule has 0 radical (unpaired) electrons. The van der Waals surface area contributed by atoms with Crippen LogP contribution >= 0.6 is 22.9 Å². The minimum atomic E-state index is -3.90. The number of rotatable bonds is 8. The summed E-state index contributed by atoms with van der Waals surface area (Å²) in [6, 6.07) is 14.6. The highest BCUT2D eigenvalue weighted by atomic mass is 35.5. The summed E-state index contributed by atoms with van der Waals surface area (Å²) in [5.41, 5.74) is 0.266. The van der Waals surface area contributed by atoms with E-state index in [0.717, 1.165) is 33.6 Å². The Morgan fingerprint density at radius 3 is 2.62 bits per heavy atom. The van der Waals surface area contributed by atoms with Crippen molar-refractivity contribution in [2.45, 2.75) is 31.9 Å². The van der Waals surface area contributed by atoms with Crippen LogP contribution in [0.25, 0.3) is 11.1 Å². The molecule has 10 heteroatoms. The first kappa shape index (κ1) is 24.4. The quantitative estimate of drug-likeness (QED) is 0.457. The predicted octanol–water partition coefficient (Wildman–Crippen LogP) is 4.95. The van der Waals surface area contributed by atoms with Crippen LogP contribution < -0.4 is 14.4 Å². The van der Waals surface area contributed by atoms with Gasteiger partial charge in [-0.3, -0.25) is 9.69 Å². The number of para-hydroxylation sites is 1. The van der Waals surface area contributed by atoms with Crippen molar-refractivity contribution in [1.29, 1.82) is 0 Å². The Bertz CT molecular complexity index is 1320. The van der Waals surface area contributed by atoms with Crippen LogP contribution in [-0.4, -0.2) is 32.0 Å². The number of hydrogen-bond acceptors (Lipinski definition) is 6. The van der Waals surface area contributed by atoms with Gasteiger partial charge in [-0.1, -0.05) is 36.4 Å². The lowest BCUT2D eigenvalue weighted by molar-refractivity contribution is -0.122. The molecule has 4 rings (SSSR count). The number of nitrogens with one attached hydrogen (secondary N) is 1. The Labute approximate surface area is 208 Å². The van der Waals surface area contributed by atoms with E-state index in [2.05, 4.69) is 16.3 Å². The zero-order valence-corrected chi connectivity index (χ0v) is 21.1. The Kier molecular flexibility index (Phi) is 6.82. The minimum Gasteiger partial charge on any atom is -0.490 e. The second kappa shape index (κ2) is 9.50. The van der Waals surface area contributed by atoms with Gasteiger partial charge in [0.05, 0.1) is 10.4 Å². The highest BCUT2D eigenvalue weighted by Crippen LogP contribution is 2.41. The van der Waals surface area contributed by atoms with Crippen molar-refractivity contribution in [3.63, 3.8) is 0 Å². The molecule has 3 heterocycles. The molecule has 0 bridgehead atoms. The monoisotopic (exact) mass is 517 g/mol. The van der Waals surface area contributed by atoms with Crippen molar-refractivity contribution >= 4 is 44.7 Å². The van der Waals surface area contributed by atoms with Crippen molar-refractivity contribution in [3.05, 3.63) is 75.9 Å². The topological polar surface area (TPSA) is 88.6 Å². The third-order valence-electron chi connectivity index (χ3n) is 5.44. The van der Waals surface area contributed by atoms with Crippen molar-refractivity contribution < 1.29 is 17.9 Å². The van der Waals surface area contributed by atoms with Gasteiger partial charge in [0.15, 0.2) is 0 Å². The maximum absolute atomic E-state index is 13.6. The van der Waals surface area contributed by atoms with E-state index in [-0.39, 0.29) is 19.1 Å². The fraction of sp³-hybridized carbons (Fsp3) is 0.250. The van der Waals surface area contributed by atoms with Crippen LogP contribution in [0.15, 0.2) is 66.7 Å². The van der Waals surface area contributed by atoms with E-state index in [1.165, 1.54) is 4.90 Å². The summed E-state index contributed by atoms with van der Waals surface area (Å²) in [5, 5.41) is 0.795. The molecule has 1 aliphatic rings. The molecule has 1 saturated heterocycles. The van der Waals surface area contributed by atoms with Crippen LogP contribution in [0.4, 0.5) is 5.82 Å². The van der Waals surface area contributed by atoms with Crippen molar-refractivity contribution in [1.82, 2.24) is 9.71 Å². The number of ether oxygens (including phenoxy) is 1. The molecule has 2 aromatic heterocycles. The van der Waals surface area contributed by atoms with Gasteiger partial charge in [-0.25, -0.2) is 13.4 Å². The second-order valence-electron chi connectivity index (χ2n) is 8.10. The summed E-state index contributed by atoms with van der Waals surface area (Å²) in [6.07, 6.45) is 1.93. The van der Waals surface area contributed by atoms with Gasteiger partial charge >= 0.3 is 0 Å². The third-order valence-corrected chi connectivity index (χ3v) is 7.90. The molecular weight excluding hydrogens is 494 g/mol. The number of sulfonamides is 1. The minimum absolute atomic E-state index is 0.0221. The Morgan fingerprint density at radius 2 is 2.00 bits per heavy atom. The molecule has 34 heavy (non-hydrogen) atoms. The van der Waals surface area contributed by atoms with E-state index < -0.39 is 21.5 Å². The molecule has 0 spiro atoms. The molecule has 0 aliphatic carbocycles. The first-order valence-corrected chi connectivity index (χ1v) is 13.4. The molecule has 1 aromatic carbocycles. The van der Waals surface area contributed by atoms with E-state index in [0.29, 0.717) is 15.0 Å². The van der Waals surface area contributed by atoms with Crippen LogP contribution in [0.5, 0.6) is 5.75 Å². The molecule has 1 N–H and O–H groups in total. The number of anilines is 1. The van der Waals surface area contributed by atoms with E-state index in [9.17, 15) is 13.2 Å². The number of pyridine rings is 1. The van der Waals surface area contributed by atoms with Crippen LogP contribution in [0.2, 0.25) is 4.34 Å². The van der Waals surface area contributed by atoms with Crippen LogP contribution in [0.3, 0.4) is 0 Å². The van der Waals surface area contributed by atoms with Gasteiger partial charge in [-0.15, -0.1) is 11.3 Å². The van der Waals surface area contributed by atoms with Gasteiger partial charge in [0, 0.05) is 34.2 Å². The number of carbonyl (C=O) groups is 1. The average Bonchev–Trinajstić information content (AvgIpc) is 3.38. The van der Waals surface area contributed by atoms with Crippen LogP contribution in [0.1, 0.15) is 25.1 Å². The summed E-state index contributed by atoms with van der Waals surface area (Å²) >= 11 is 7.26. The molecule has 1 fully saturated rings. The third kappa shape index (κ3) is 4.74. The molecule has 1 atom stereocenters. The number of halogens is 1. The fourth-order valence-corrected chi connectivity index (χ4v) is 6.05. The largest absolute Gasteiger partial charge is 0.490 e. The van der Waals surface area contributed by atoms with E-state index >= 15 is 0 Å². The predicted molar refractivity (Wildman–Crippen MR) is 136 cm³/mol. The maximum Gasteiger partial charge on any atom is 0.254 e. The Morgan fingerprint density at radius 1 is 1.24 bits per heavy atom. The summed E-state index contributed by atoms with van der Waals surface area (Å²) in [4.78, 5) is 20.2. The summed E-state index contributed by atoms with van der Waals surface area (Å²) in [5.74, 6) is 0.760. The number of nitrogens with zero attached hydrogens (tertiary/aromatic N) is 2. The van der Waals surface area contributed by atoms with Crippen molar-refractivity contribution in [3.8, 4) is 16.9 Å². The lowest BCUT2D eigenvalue weighted by Crippen LogP contribution is -2.50. The van der Waals surface area contributed by atoms with Crippen LogP contribution in [0, 0.1) is 0 Å². The molecule has 0 unspecified atom stereocenters. The maximum atomic E-state index is 13.6. The zero-order valence-electron chi connectivity index (χ0n) is 18.7. The number of benzene rings is 1. The molecule has 178 valence electrons. The van der Waals surface area contributed by atoms with E-state index in [4.69, 9.17) is 16.3 Å². The highest BCUT2D eigenvalue weighted by molar-refractivity contribution is 7.92. The lowest BCUT2D eigenvalue weighted by Gasteiger charge is -2.27. The smallest absolute Gasteiger partial charge is 0.254 e. The van der Waals surface area contributed by atoms with E-state index in [1.54, 1.807) is 24.4 Å². The summed E-state index contributed by atoms with van der Waals surface area (Å²) in [6.45, 7) is 7.56. The number of carbonyl (C=O) groups excluding carboxylic acids is 1. The second-order valence-corrected chi connectivity index (χ2v) is 11.4. The highest BCUT2D eigenvalue weighted by Gasteiger charge is 2.51. The average molecular weight is 518 g/mol. The molecule has 0 saturated carbocycles. The van der Waals surface area contributed by atoms with E-state index in [1.807, 2.05) is 44.2 Å². The van der Waals surface area contributed by atoms with Crippen molar-refractivity contribution in [2.24, 2.45) is 0 Å². The van der Waals surface area contributed by atoms with Crippen LogP contribution in [-0.2, 0) is 20.4 Å². The summed E-state index contributed by atoms with van der Waals surface area (Å²) in [7, 11) is -3.90. The van der Waals surface area contributed by atoms with Gasteiger partial charge in [0.2, 0.25) is 10.0 Å². The molecular formula is C24H24ClN3O4S2. The van der Waals surface area contributed by atoms with Gasteiger partial charge in [-0.05, 0) is 50.6 Å². The first-order chi connectivity index (χ1) is 16.1. The molecule has 1 amide bonds. The zero-order chi connectivity index (χ0) is 24.5. The van der Waals surface area contributed by atoms with Gasteiger partial charge in [0.25, 0.3) is 5.91 Å². The fourth-order valence-electron chi connectivity index (χ4n) is 3.91. The number of aromatic nitrogens is 1. The van der Waals surface area contributed by atoms with Crippen molar-refractivity contribution in [2.75, 3.05) is 11.4 Å².